The van der Waals surface area contributed by atoms with E-state index >= 15 is 0 Å². The fourth-order valence-electron chi connectivity index (χ4n) is 1.79. The highest BCUT2D eigenvalue weighted by atomic mass is 35.5. The zero-order valence-electron chi connectivity index (χ0n) is 10.4. The van der Waals surface area contributed by atoms with Crippen molar-refractivity contribution in [2.75, 3.05) is 18.5 Å². The van der Waals surface area contributed by atoms with Gasteiger partial charge in [0.25, 0.3) is 0 Å². The summed E-state index contributed by atoms with van der Waals surface area (Å²) in [7, 11) is 2.04. The Morgan fingerprint density at radius 2 is 2.12 bits per heavy atom. The average Bonchev–Trinajstić information content (AvgIpc) is 2.28. The van der Waals surface area contributed by atoms with Gasteiger partial charge in [0.1, 0.15) is 4.99 Å². The molecule has 0 bridgehead atoms. The molecule has 0 aliphatic heterocycles. The van der Waals surface area contributed by atoms with Crippen molar-refractivity contribution >= 4 is 34.5 Å². The van der Waals surface area contributed by atoms with Gasteiger partial charge >= 0.3 is 0 Å². The highest BCUT2D eigenvalue weighted by Gasteiger charge is 2.12. The van der Waals surface area contributed by atoms with E-state index in [4.69, 9.17) is 29.6 Å². The van der Waals surface area contributed by atoms with Crippen LogP contribution < -0.4 is 10.6 Å². The standard InChI is InChI=1S/C13H19ClN2S/c1-3-4-5-9-16(2)11-8-6-7-10(14)12(11)13(15)17/h6-8H,3-5,9H2,1-2H3,(H2,15,17). The van der Waals surface area contributed by atoms with Crippen LogP contribution >= 0.6 is 23.8 Å². The Bertz CT molecular complexity index is 393. The van der Waals surface area contributed by atoms with E-state index in [1.807, 2.05) is 25.2 Å². The van der Waals surface area contributed by atoms with Gasteiger partial charge in [-0.25, -0.2) is 0 Å². The third kappa shape index (κ3) is 3.86. The highest BCUT2D eigenvalue weighted by Crippen LogP contribution is 2.27. The van der Waals surface area contributed by atoms with E-state index in [0.29, 0.717) is 10.0 Å². The van der Waals surface area contributed by atoms with Gasteiger partial charge in [0, 0.05) is 19.3 Å². The molecule has 0 aliphatic rings. The van der Waals surface area contributed by atoms with Crippen molar-refractivity contribution in [1.82, 2.24) is 0 Å². The summed E-state index contributed by atoms with van der Waals surface area (Å²) in [5, 5.41) is 0.623. The van der Waals surface area contributed by atoms with Crippen LogP contribution in [0.2, 0.25) is 5.02 Å². The molecule has 1 aromatic carbocycles. The number of nitrogens with zero attached hydrogens (tertiary/aromatic N) is 1. The maximum absolute atomic E-state index is 6.14. The number of rotatable bonds is 6. The number of hydrogen-bond donors (Lipinski definition) is 1. The van der Waals surface area contributed by atoms with Crippen molar-refractivity contribution in [3.8, 4) is 0 Å². The van der Waals surface area contributed by atoms with Gasteiger partial charge in [-0.05, 0) is 18.6 Å². The minimum Gasteiger partial charge on any atom is -0.389 e. The Morgan fingerprint density at radius 1 is 1.41 bits per heavy atom. The molecule has 1 rings (SSSR count). The lowest BCUT2D eigenvalue weighted by Crippen LogP contribution is -2.23. The molecule has 94 valence electrons. The number of nitrogens with two attached hydrogens (primary N) is 1. The predicted molar refractivity (Wildman–Crippen MR) is 80.1 cm³/mol. The molecule has 0 aromatic heterocycles. The van der Waals surface area contributed by atoms with Gasteiger partial charge in [-0.2, -0.15) is 0 Å². The molecule has 0 unspecified atom stereocenters. The Kier molecular flexibility index (Phi) is 5.72. The van der Waals surface area contributed by atoms with Crippen molar-refractivity contribution in [2.45, 2.75) is 26.2 Å². The molecular formula is C13H19ClN2S. The van der Waals surface area contributed by atoms with E-state index in [9.17, 15) is 0 Å². The lowest BCUT2D eigenvalue weighted by molar-refractivity contribution is 0.705. The van der Waals surface area contributed by atoms with E-state index in [0.717, 1.165) is 24.2 Å². The maximum atomic E-state index is 6.14. The lowest BCUT2D eigenvalue weighted by Gasteiger charge is -2.22. The lowest BCUT2D eigenvalue weighted by atomic mass is 10.1. The van der Waals surface area contributed by atoms with Crippen LogP contribution in [0.15, 0.2) is 18.2 Å². The predicted octanol–water partition coefficient (Wildman–Crippen LogP) is 3.60. The second-order valence-corrected chi connectivity index (χ2v) is 4.97. The van der Waals surface area contributed by atoms with Crippen molar-refractivity contribution in [1.29, 1.82) is 0 Å². The summed E-state index contributed by atoms with van der Waals surface area (Å²) in [5.74, 6) is 0. The summed E-state index contributed by atoms with van der Waals surface area (Å²) in [6, 6.07) is 5.75. The number of halogens is 1. The number of anilines is 1. The van der Waals surface area contributed by atoms with Crippen LogP contribution in [0.1, 0.15) is 31.7 Å². The van der Waals surface area contributed by atoms with E-state index in [2.05, 4.69) is 11.8 Å². The number of thiocarbonyl (C=S) groups is 1. The largest absolute Gasteiger partial charge is 0.389 e. The van der Waals surface area contributed by atoms with Gasteiger partial charge in [-0.15, -0.1) is 0 Å². The molecule has 0 radical (unpaired) electrons. The molecule has 0 spiro atoms. The molecule has 2 N–H and O–H groups in total. The fourth-order valence-corrected chi connectivity index (χ4v) is 2.34. The molecule has 0 amide bonds. The Hall–Kier alpha value is -0.800. The number of unbranched alkanes of at least 4 members (excludes halogenated alkanes) is 2. The third-order valence-corrected chi connectivity index (χ3v) is 3.27. The fraction of sp³-hybridized carbons (Fsp3) is 0.462. The van der Waals surface area contributed by atoms with E-state index in [1.165, 1.54) is 12.8 Å². The first-order valence-corrected chi connectivity index (χ1v) is 6.66. The van der Waals surface area contributed by atoms with Crippen LogP contribution in [0.4, 0.5) is 5.69 Å². The van der Waals surface area contributed by atoms with Crippen LogP contribution in [0.25, 0.3) is 0 Å². The molecule has 0 aliphatic carbocycles. The SMILES string of the molecule is CCCCCN(C)c1cccc(Cl)c1C(N)=S. The normalized spacial score (nSPS) is 10.3. The van der Waals surface area contributed by atoms with Crippen molar-refractivity contribution < 1.29 is 0 Å². The second-order valence-electron chi connectivity index (χ2n) is 4.13. The monoisotopic (exact) mass is 270 g/mol. The van der Waals surface area contributed by atoms with E-state index < -0.39 is 0 Å². The molecule has 0 atom stereocenters. The summed E-state index contributed by atoms with van der Waals surface area (Å²) < 4.78 is 0. The van der Waals surface area contributed by atoms with Crippen molar-refractivity contribution in [2.24, 2.45) is 5.73 Å². The Morgan fingerprint density at radius 3 is 2.71 bits per heavy atom. The van der Waals surface area contributed by atoms with Crippen molar-refractivity contribution in [3.05, 3.63) is 28.8 Å². The molecule has 0 saturated carbocycles. The van der Waals surface area contributed by atoms with Gasteiger partial charge in [0.05, 0.1) is 10.6 Å². The molecule has 2 nitrogen and oxygen atoms in total. The molecular weight excluding hydrogens is 252 g/mol. The van der Waals surface area contributed by atoms with Crippen LogP contribution in [-0.4, -0.2) is 18.6 Å². The van der Waals surface area contributed by atoms with Crippen LogP contribution in [0.5, 0.6) is 0 Å². The first kappa shape index (κ1) is 14.3. The van der Waals surface area contributed by atoms with Gasteiger partial charge in [-0.1, -0.05) is 49.7 Å². The summed E-state index contributed by atoms with van der Waals surface area (Å²) in [6.45, 7) is 3.18. The van der Waals surface area contributed by atoms with Gasteiger partial charge in [0.2, 0.25) is 0 Å². The summed E-state index contributed by atoms with van der Waals surface area (Å²) >= 11 is 11.2. The van der Waals surface area contributed by atoms with Crippen LogP contribution in [0, 0.1) is 0 Å². The summed E-state index contributed by atoms with van der Waals surface area (Å²) in [4.78, 5) is 2.52. The minimum atomic E-state index is 0.355. The zero-order valence-corrected chi connectivity index (χ0v) is 11.9. The topological polar surface area (TPSA) is 29.3 Å². The summed E-state index contributed by atoms with van der Waals surface area (Å²) in [6.07, 6.45) is 3.61. The van der Waals surface area contributed by atoms with Crippen LogP contribution in [0.3, 0.4) is 0 Å². The zero-order chi connectivity index (χ0) is 12.8. The van der Waals surface area contributed by atoms with Gasteiger partial charge < -0.3 is 10.6 Å². The molecule has 0 heterocycles. The summed E-state index contributed by atoms with van der Waals surface area (Å²) in [5.41, 5.74) is 7.52. The molecule has 1 aromatic rings. The first-order valence-electron chi connectivity index (χ1n) is 5.87. The number of hydrogen-bond acceptors (Lipinski definition) is 2. The third-order valence-electron chi connectivity index (χ3n) is 2.75. The smallest absolute Gasteiger partial charge is 0.107 e. The first-order chi connectivity index (χ1) is 8.07. The Labute approximate surface area is 114 Å². The van der Waals surface area contributed by atoms with Gasteiger partial charge in [0.15, 0.2) is 0 Å². The van der Waals surface area contributed by atoms with Gasteiger partial charge in [-0.3, -0.25) is 0 Å². The van der Waals surface area contributed by atoms with E-state index in [1.54, 1.807) is 0 Å². The molecule has 0 saturated heterocycles. The maximum Gasteiger partial charge on any atom is 0.107 e. The molecule has 4 heteroatoms. The quantitative estimate of drug-likeness (QED) is 0.633. The Balaban J connectivity index is 2.89. The van der Waals surface area contributed by atoms with Crippen molar-refractivity contribution in [3.63, 3.8) is 0 Å². The highest BCUT2D eigenvalue weighted by molar-refractivity contribution is 7.80. The van der Waals surface area contributed by atoms with Crippen LogP contribution in [-0.2, 0) is 0 Å². The van der Waals surface area contributed by atoms with E-state index in [-0.39, 0.29) is 0 Å². The second kappa shape index (κ2) is 6.82. The average molecular weight is 271 g/mol. The molecule has 0 fully saturated rings. The minimum absolute atomic E-state index is 0.355. The number of benzene rings is 1. The molecule has 17 heavy (non-hydrogen) atoms.